The average molecular weight is 209 g/mol. The van der Waals surface area contributed by atoms with E-state index in [9.17, 15) is 4.79 Å². The summed E-state index contributed by atoms with van der Waals surface area (Å²) in [5, 5.41) is 9.05. The van der Waals surface area contributed by atoms with Crippen molar-refractivity contribution in [1.29, 1.82) is 5.26 Å². The average Bonchev–Trinajstić information content (AvgIpc) is 2.46. The minimum atomic E-state index is -0.581. The maximum Gasteiger partial charge on any atom is 0.277 e. The van der Waals surface area contributed by atoms with Crippen molar-refractivity contribution in [2.45, 2.75) is 26.2 Å². The van der Waals surface area contributed by atoms with Crippen LogP contribution in [0.1, 0.15) is 41.1 Å². The number of rotatable bonds is 1. The van der Waals surface area contributed by atoms with E-state index >= 15 is 0 Å². The molecule has 14 heavy (non-hydrogen) atoms. The first-order valence-corrected chi connectivity index (χ1v) is 4.89. The van der Waals surface area contributed by atoms with Gasteiger partial charge in [0, 0.05) is 5.41 Å². The summed E-state index contributed by atoms with van der Waals surface area (Å²) >= 11 is 1.05. The minimum absolute atomic E-state index is 0.200. The van der Waals surface area contributed by atoms with Crippen LogP contribution in [0.2, 0.25) is 0 Å². The van der Waals surface area contributed by atoms with E-state index < -0.39 is 5.91 Å². The number of primary amides is 1. The molecule has 0 aliphatic carbocycles. The molecule has 0 aliphatic rings. The minimum Gasteiger partial charge on any atom is -0.364 e. The van der Waals surface area contributed by atoms with Gasteiger partial charge in [-0.25, -0.2) is 4.98 Å². The molecular formula is C9H11N3OS. The van der Waals surface area contributed by atoms with Gasteiger partial charge in [-0.05, 0) is 0 Å². The number of thiazole rings is 1. The molecule has 0 atom stereocenters. The summed E-state index contributed by atoms with van der Waals surface area (Å²) in [6.45, 7) is 5.81. The molecular weight excluding hydrogens is 198 g/mol. The first-order chi connectivity index (χ1) is 6.36. The van der Waals surface area contributed by atoms with E-state index in [-0.39, 0.29) is 10.4 Å². The Morgan fingerprint density at radius 1 is 1.57 bits per heavy atom. The summed E-state index contributed by atoms with van der Waals surface area (Å²) < 4.78 is 0. The van der Waals surface area contributed by atoms with Gasteiger partial charge in [0.05, 0.1) is 5.69 Å². The van der Waals surface area contributed by atoms with E-state index in [1.165, 1.54) is 0 Å². The predicted molar refractivity (Wildman–Crippen MR) is 54.0 cm³/mol. The number of nitrogens with zero attached hydrogens (tertiary/aromatic N) is 2. The summed E-state index contributed by atoms with van der Waals surface area (Å²) in [4.78, 5) is 15.4. The standard InChI is InChI=1S/C9H11N3OS/c1-9(2,3)6-5(4-10)14-8(12-6)7(11)13/h1-3H3,(H2,11,13). The smallest absolute Gasteiger partial charge is 0.277 e. The third kappa shape index (κ3) is 1.91. The molecule has 0 saturated carbocycles. The van der Waals surface area contributed by atoms with Gasteiger partial charge in [0.25, 0.3) is 5.91 Å². The van der Waals surface area contributed by atoms with Crippen LogP contribution >= 0.6 is 11.3 Å². The van der Waals surface area contributed by atoms with Gasteiger partial charge in [-0.15, -0.1) is 0 Å². The molecule has 0 aliphatic heterocycles. The summed E-state index contributed by atoms with van der Waals surface area (Å²) in [6, 6.07) is 2.03. The highest BCUT2D eigenvalue weighted by molar-refractivity contribution is 7.14. The van der Waals surface area contributed by atoms with Crippen molar-refractivity contribution in [1.82, 2.24) is 4.98 Å². The monoisotopic (exact) mass is 209 g/mol. The zero-order chi connectivity index (χ0) is 10.9. The highest BCUT2D eigenvalue weighted by Gasteiger charge is 2.24. The maximum absolute atomic E-state index is 10.9. The van der Waals surface area contributed by atoms with Crippen LogP contribution in [0.5, 0.6) is 0 Å². The predicted octanol–water partition coefficient (Wildman–Crippen LogP) is 1.41. The van der Waals surface area contributed by atoms with Gasteiger partial charge in [-0.2, -0.15) is 5.26 Å². The van der Waals surface area contributed by atoms with Crippen LogP contribution in [-0.2, 0) is 5.41 Å². The van der Waals surface area contributed by atoms with Crippen molar-refractivity contribution in [2.75, 3.05) is 0 Å². The molecule has 1 rings (SSSR count). The quantitative estimate of drug-likeness (QED) is 0.759. The Kier molecular flexibility index (Phi) is 2.58. The lowest BCUT2D eigenvalue weighted by Crippen LogP contribution is -2.15. The van der Waals surface area contributed by atoms with E-state index in [1.54, 1.807) is 0 Å². The molecule has 0 unspecified atom stereocenters. The van der Waals surface area contributed by atoms with Gasteiger partial charge in [0.15, 0.2) is 5.01 Å². The van der Waals surface area contributed by atoms with Gasteiger partial charge in [-0.1, -0.05) is 32.1 Å². The molecule has 74 valence electrons. The Balaban J connectivity index is 3.31. The molecule has 1 amide bonds. The number of carbonyl (C=O) groups is 1. The van der Waals surface area contributed by atoms with Crippen molar-refractivity contribution in [3.63, 3.8) is 0 Å². The highest BCUT2D eigenvalue weighted by Crippen LogP contribution is 2.28. The van der Waals surface area contributed by atoms with Gasteiger partial charge in [0.2, 0.25) is 0 Å². The second-order valence-corrected chi connectivity index (χ2v) is 4.92. The number of nitriles is 1. The second-order valence-electron chi connectivity index (χ2n) is 3.92. The first kappa shape index (κ1) is 10.7. The molecule has 0 aromatic carbocycles. The zero-order valence-electron chi connectivity index (χ0n) is 8.29. The van der Waals surface area contributed by atoms with Crippen molar-refractivity contribution in [2.24, 2.45) is 5.73 Å². The lowest BCUT2D eigenvalue weighted by atomic mass is 9.91. The molecule has 1 aromatic rings. The summed E-state index contributed by atoms with van der Waals surface area (Å²) in [6.07, 6.45) is 0. The van der Waals surface area contributed by atoms with Crippen LogP contribution in [0.25, 0.3) is 0 Å². The van der Waals surface area contributed by atoms with Gasteiger partial charge < -0.3 is 5.73 Å². The Bertz CT molecular complexity index is 409. The third-order valence-corrected chi connectivity index (χ3v) is 2.62. The van der Waals surface area contributed by atoms with Crippen LogP contribution in [0, 0.1) is 11.3 Å². The fourth-order valence-corrected chi connectivity index (χ4v) is 1.93. The number of nitrogens with two attached hydrogens (primary N) is 1. The van der Waals surface area contributed by atoms with E-state index in [1.807, 2.05) is 26.8 Å². The zero-order valence-corrected chi connectivity index (χ0v) is 9.10. The summed E-state index contributed by atoms with van der Waals surface area (Å²) in [5.74, 6) is -0.581. The fraction of sp³-hybridized carbons (Fsp3) is 0.444. The Labute approximate surface area is 86.4 Å². The largest absolute Gasteiger partial charge is 0.364 e. The van der Waals surface area contributed by atoms with E-state index in [4.69, 9.17) is 11.0 Å². The van der Waals surface area contributed by atoms with E-state index in [0.717, 1.165) is 11.3 Å². The molecule has 1 aromatic heterocycles. The van der Waals surface area contributed by atoms with Crippen LogP contribution in [-0.4, -0.2) is 10.9 Å². The summed E-state index contributed by atoms with van der Waals surface area (Å²) in [5.41, 5.74) is 5.49. The Hall–Kier alpha value is -1.41. The van der Waals surface area contributed by atoms with E-state index in [0.29, 0.717) is 10.6 Å². The molecule has 0 radical (unpaired) electrons. The lowest BCUT2D eigenvalue weighted by Gasteiger charge is -2.15. The van der Waals surface area contributed by atoms with Crippen molar-refractivity contribution < 1.29 is 4.79 Å². The first-order valence-electron chi connectivity index (χ1n) is 4.07. The molecule has 2 N–H and O–H groups in total. The van der Waals surface area contributed by atoms with Crippen molar-refractivity contribution in [3.8, 4) is 6.07 Å². The SMILES string of the molecule is CC(C)(C)c1nc(C(N)=O)sc1C#N. The van der Waals surface area contributed by atoms with Gasteiger partial charge in [-0.3, -0.25) is 4.79 Å². The molecule has 0 spiro atoms. The Morgan fingerprint density at radius 2 is 2.14 bits per heavy atom. The molecule has 4 nitrogen and oxygen atoms in total. The van der Waals surface area contributed by atoms with Gasteiger partial charge in [0.1, 0.15) is 10.9 Å². The number of carbonyl (C=O) groups excluding carboxylic acids is 1. The summed E-state index contributed by atoms with van der Waals surface area (Å²) in [7, 11) is 0. The molecule has 0 fully saturated rings. The lowest BCUT2D eigenvalue weighted by molar-refractivity contribution is 0.0999. The van der Waals surface area contributed by atoms with E-state index in [2.05, 4.69) is 4.98 Å². The highest BCUT2D eigenvalue weighted by atomic mass is 32.1. The fourth-order valence-electron chi connectivity index (χ4n) is 1.01. The van der Waals surface area contributed by atoms with Crippen LogP contribution < -0.4 is 5.73 Å². The number of aromatic nitrogens is 1. The Morgan fingerprint density at radius 3 is 2.43 bits per heavy atom. The topological polar surface area (TPSA) is 79.8 Å². The van der Waals surface area contributed by atoms with Crippen molar-refractivity contribution >= 4 is 17.2 Å². The molecule has 1 heterocycles. The van der Waals surface area contributed by atoms with Crippen molar-refractivity contribution in [3.05, 3.63) is 15.6 Å². The third-order valence-electron chi connectivity index (χ3n) is 1.65. The maximum atomic E-state index is 10.9. The second kappa shape index (κ2) is 3.39. The van der Waals surface area contributed by atoms with Crippen LogP contribution in [0.3, 0.4) is 0 Å². The number of hydrogen-bond acceptors (Lipinski definition) is 4. The molecule has 5 heteroatoms. The normalized spacial score (nSPS) is 11.0. The van der Waals surface area contributed by atoms with Crippen LogP contribution in [0.15, 0.2) is 0 Å². The van der Waals surface area contributed by atoms with Crippen LogP contribution in [0.4, 0.5) is 0 Å². The molecule has 0 saturated heterocycles. The number of hydrogen-bond donors (Lipinski definition) is 1. The van der Waals surface area contributed by atoms with Gasteiger partial charge >= 0.3 is 0 Å². The number of amides is 1. The molecule has 0 bridgehead atoms.